The lowest BCUT2D eigenvalue weighted by Crippen LogP contribution is -1.94. The van der Waals surface area contributed by atoms with E-state index in [1.165, 1.54) is 32.1 Å². The van der Waals surface area contributed by atoms with Gasteiger partial charge in [0.15, 0.2) is 6.17 Å². The normalized spacial score (nSPS) is 12.4. The van der Waals surface area contributed by atoms with Gasteiger partial charge in [-0.05, 0) is 12.8 Å². The van der Waals surface area contributed by atoms with Gasteiger partial charge in [0.2, 0.25) is 0 Å². The fourth-order valence-electron chi connectivity index (χ4n) is 1.36. The molecule has 0 bridgehead atoms. The maximum absolute atomic E-state index is 12.5. The van der Waals surface area contributed by atoms with Crippen LogP contribution in [0.5, 0.6) is 0 Å². The third kappa shape index (κ3) is 9.40. The average Bonchev–Trinajstić information content (AvgIpc) is 2.16. The number of hydrogen-bond donors (Lipinski definition) is 0. The zero-order chi connectivity index (χ0) is 9.94. The molecule has 0 saturated heterocycles. The predicted molar refractivity (Wildman–Crippen MR) is 56.3 cm³/mol. The first kappa shape index (κ1) is 12.5. The van der Waals surface area contributed by atoms with E-state index in [0.29, 0.717) is 6.42 Å². The molecule has 0 spiro atoms. The summed E-state index contributed by atoms with van der Waals surface area (Å²) >= 11 is 0. The van der Waals surface area contributed by atoms with Crippen molar-refractivity contribution in [2.75, 3.05) is 0 Å². The van der Waals surface area contributed by atoms with Gasteiger partial charge in [0, 0.05) is 0 Å². The van der Waals surface area contributed by atoms with Gasteiger partial charge < -0.3 is 0 Å². The van der Waals surface area contributed by atoms with Crippen molar-refractivity contribution < 1.29 is 4.39 Å². The zero-order valence-corrected chi connectivity index (χ0v) is 8.69. The average molecular weight is 184 g/mol. The van der Waals surface area contributed by atoms with E-state index in [1.807, 2.05) is 0 Å². The SMILES string of the molecule is C#C[C@@H](F)CCCCCCCCC. The Hall–Kier alpha value is -0.510. The van der Waals surface area contributed by atoms with Gasteiger partial charge in [0.25, 0.3) is 0 Å². The molecule has 0 heterocycles. The number of alkyl halides is 1. The molecule has 0 aromatic heterocycles. The van der Waals surface area contributed by atoms with Gasteiger partial charge in [-0.25, -0.2) is 4.39 Å². The molecule has 76 valence electrons. The molecule has 0 aliphatic carbocycles. The topological polar surface area (TPSA) is 0 Å². The Labute approximate surface area is 81.9 Å². The molecule has 13 heavy (non-hydrogen) atoms. The molecule has 0 saturated carbocycles. The van der Waals surface area contributed by atoms with Crippen molar-refractivity contribution in [1.29, 1.82) is 0 Å². The van der Waals surface area contributed by atoms with Crippen molar-refractivity contribution in [2.45, 2.75) is 64.5 Å². The molecular weight excluding hydrogens is 163 g/mol. The Morgan fingerprint density at radius 1 is 1.08 bits per heavy atom. The second kappa shape index (κ2) is 9.58. The molecule has 0 N–H and O–H groups in total. The van der Waals surface area contributed by atoms with E-state index in [2.05, 4.69) is 12.8 Å². The summed E-state index contributed by atoms with van der Waals surface area (Å²) in [7, 11) is 0. The standard InChI is InChI=1S/C12H21F/c1-3-5-6-7-8-9-10-11-12(13)4-2/h2,12H,3,5-11H2,1H3/t12-/m1/s1. The predicted octanol–water partition coefficient (Wildman–Crippen LogP) is 4.10. The summed E-state index contributed by atoms with van der Waals surface area (Å²) in [6, 6.07) is 0. The molecule has 1 atom stereocenters. The van der Waals surface area contributed by atoms with Crippen molar-refractivity contribution in [3.05, 3.63) is 0 Å². The molecule has 1 heteroatoms. The van der Waals surface area contributed by atoms with Crippen molar-refractivity contribution >= 4 is 0 Å². The van der Waals surface area contributed by atoms with Gasteiger partial charge in [-0.2, -0.15) is 0 Å². The Kier molecular flexibility index (Phi) is 9.20. The molecule has 0 fully saturated rings. The Balaban J connectivity index is 2.96. The van der Waals surface area contributed by atoms with Crippen LogP contribution in [0.1, 0.15) is 58.3 Å². The number of rotatable bonds is 8. The van der Waals surface area contributed by atoms with Crippen LogP contribution in [0.25, 0.3) is 0 Å². The summed E-state index contributed by atoms with van der Waals surface area (Å²) in [6.45, 7) is 2.21. The molecular formula is C12H21F. The molecule has 0 aliphatic rings. The largest absolute Gasteiger partial charge is 0.233 e. The number of unbranched alkanes of at least 4 members (excludes halogenated alkanes) is 6. The van der Waals surface area contributed by atoms with Crippen LogP contribution in [-0.4, -0.2) is 6.17 Å². The van der Waals surface area contributed by atoms with Crippen LogP contribution in [-0.2, 0) is 0 Å². The smallest absolute Gasteiger partial charge is 0.160 e. The van der Waals surface area contributed by atoms with Gasteiger partial charge in [-0.1, -0.05) is 51.4 Å². The van der Waals surface area contributed by atoms with Crippen LogP contribution in [0.4, 0.5) is 4.39 Å². The molecule has 0 radical (unpaired) electrons. The summed E-state index contributed by atoms with van der Waals surface area (Å²) in [4.78, 5) is 0. The van der Waals surface area contributed by atoms with E-state index in [1.54, 1.807) is 0 Å². The van der Waals surface area contributed by atoms with E-state index in [-0.39, 0.29) is 0 Å². The van der Waals surface area contributed by atoms with E-state index in [4.69, 9.17) is 6.42 Å². The highest BCUT2D eigenvalue weighted by Gasteiger charge is 1.99. The zero-order valence-electron chi connectivity index (χ0n) is 8.69. The monoisotopic (exact) mass is 184 g/mol. The highest BCUT2D eigenvalue weighted by molar-refractivity contribution is 4.93. The Morgan fingerprint density at radius 3 is 2.15 bits per heavy atom. The molecule has 0 aromatic rings. The molecule has 0 nitrogen and oxygen atoms in total. The van der Waals surface area contributed by atoms with Gasteiger partial charge >= 0.3 is 0 Å². The van der Waals surface area contributed by atoms with Crippen molar-refractivity contribution in [3.63, 3.8) is 0 Å². The first-order valence-electron chi connectivity index (χ1n) is 5.41. The molecule has 0 aromatic carbocycles. The summed E-state index contributed by atoms with van der Waals surface area (Å²) in [6.07, 6.45) is 13.0. The van der Waals surface area contributed by atoms with Crippen LogP contribution in [0.2, 0.25) is 0 Å². The number of halogens is 1. The second-order valence-corrected chi connectivity index (χ2v) is 3.54. The maximum atomic E-state index is 12.5. The number of terminal acetylenes is 1. The highest BCUT2D eigenvalue weighted by Crippen LogP contribution is 2.10. The van der Waals surface area contributed by atoms with Gasteiger partial charge in [0.1, 0.15) is 0 Å². The third-order valence-corrected chi connectivity index (χ3v) is 2.24. The number of hydrogen-bond acceptors (Lipinski definition) is 0. The Morgan fingerprint density at radius 2 is 1.62 bits per heavy atom. The minimum absolute atomic E-state index is 0.546. The lowest BCUT2D eigenvalue weighted by atomic mass is 10.1. The third-order valence-electron chi connectivity index (χ3n) is 2.24. The molecule has 0 amide bonds. The quantitative estimate of drug-likeness (QED) is 0.393. The lowest BCUT2D eigenvalue weighted by molar-refractivity contribution is 0.376. The highest BCUT2D eigenvalue weighted by atomic mass is 19.1. The van der Waals surface area contributed by atoms with Crippen molar-refractivity contribution in [1.82, 2.24) is 0 Å². The molecule has 0 unspecified atom stereocenters. The van der Waals surface area contributed by atoms with E-state index in [0.717, 1.165) is 12.8 Å². The first-order chi connectivity index (χ1) is 6.31. The summed E-state index contributed by atoms with van der Waals surface area (Å²) < 4.78 is 12.5. The van der Waals surface area contributed by atoms with Crippen LogP contribution >= 0.6 is 0 Å². The van der Waals surface area contributed by atoms with Crippen molar-refractivity contribution in [2.24, 2.45) is 0 Å². The van der Waals surface area contributed by atoms with E-state index >= 15 is 0 Å². The van der Waals surface area contributed by atoms with Gasteiger partial charge in [-0.3, -0.25) is 0 Å². The fraction of sp³-hybridized carbons (Fsp3) is 0.833. The van der Waals surface area contributed by atoms with Gasteiger partial charge in [0.05, 0.1) is 0 Å². The minimum atomic E-state index is -1.02. The molecule has 0 rings (SSSR count). The van der Waals surface area contributed by atoms with Crippen LogP contribution in [0.3, 0.4) is 0 Å². The fourth-order valence-corrected chi connectivity index (χ4v) is 1.36. The van der Waals surface area contributed by atoms with Crippen LogP contribution in [0.15, 0.2) is 0 Å². The minimum Gasteiger partial charge on any atom is -0.233 e. The first-order valence-corrected chi connectivity index (χ1v) is 5.41. The van der Waals surface area contributed by atoms with Gasteiger partial charge in [-0.15, -0.1) is 6.42 Å². The Bertz CT molecular complexity index is 135. The van der Waals surface area contributed by atoms with Crippen molar-refractivity contribution in [3.8, 4) is 12.3 Å². The summed E-state index contributed by atoms with van der Waals surface area (Å²) in [5.41, 5.74) is 0. The van der Waals surface area contributed by atoms with E-state index in [9.17, 15) is 4.39 Å². The van der Waals surface area contributed by atoms with Crippen LogP contribution in [0, 0.1) is 12.3 Å². The summed E-state index contributed by atoms with van der Waals surface area (Å²) in [5.74, 6) is 2.11. The second-order valence-electron chi connectivity index (χ2n) is 3.54. The lowest BCUT2D eigenvalue weighted by Gasteiger charge is -2.01. The maximum Gasteiger partial charge on any atom is 0.160 e. The summed E-state index contributed by atoms with van der Waals surface area (Å²) in [5, 5.41) is 0. The van der Waals surface area contributed by atoms with Crippen LogP contribution < -0.4 is 0 Å². The van der Waals surface area contributed by atoms with E-state index < -0.39 is 6.17 Å². The molecule has 0 aliphatic heterocycles.